The van der Waals surface area contributed by atoms with Gasteiger partial charge in [-0.2, -0.15) is 21.6 Å². The van der Waals surface area contributed by atoms with Crippen molar-refractivity contribution in [2.45, 2.75) is 31.9 Å². The van der Waals surface area contributed by atoms with Crippen LogP contribution in [0, 0.1) is 0 Å². The fourth-order valence-corrected chi connectivity index (χ4v) is 3.30. The van der Waals surface area contributed by atoms with Gasteiger partial charge in [0, 0.05) is 15.1 Å². The van der Waals surface area contributed by atoms with Crippen molar-refractivity contribution in [1.29, 1.82) is 0 Å². The van der Waals surface area contributed by atoms with Gasteiger partial charge in [0.15, 0.2) is 0 Å². The molecule has 0 bridgehead atoms. The summed E-state index contributed by atoms with van der Waals surface area (Å²) in [6, 6.07) is 11.1. The Morgan fingerprint density at radius 3 is 2.45 bits per heavy atom. The molecule has 5 nitrogen and oxygen atoms in total. The Morgan fingerprint density at radius 1 is 1.21 bits per heavy atom. The van der Waals surface area contributed by atoms with E-state index < -0.39 is 15.5 Å². The highest BCUT2D eigenvalue weighted by molar-refractivity contribution is 9.10. The lowest BCUT2D eigenvalue weighted by molar-refractivity contribution is -0.0429. The molecule has 0 fully saturated rings. The molecular weight excluding hydrogens is 497 g/mol. The van der Waals surface area contributed by atoms with E-state index in [-0.39, 0.29) is 28.6 Å². The van der Waals surface area contributed by atoms with E-state index in [1.54, 1.807) is 4.72 Å². The number of nitrogens with one attached hydrogen (secondary N) is 1. The van der Waals surface area contributed by atoms with Crippen molar-refractivity contribution in [3.63, 3.8) is 0 Å². The van der Waals surface area contributed by atoms with Crippen LogP contribution in [0.5, 0.6) is 0 Å². The first-order valence-corrected chi connectivity index (χ1v) is 11.0. The summed E-state index contributed by atoms with van der Waals surface area (Å²) in [7, 11) is -5.60. The lowest BCUT2D eigenvalue weighted by atomic mass is 10.0. The second kappa shape index (κ2) is 9.82. The number of anilines is 1. The third-order valence-electron chi connectivity index (χ3n) is 3.65. The molecule has 0 spiro atoms. The van der Waals surface area contributed by atoms with E-state index in [0.29, 0.717) is 12.8 Å². The predicted molar refractivity (Wildman–Crippen MR) is 110 cm³/mol. The van der Waals surface area contributed by atoms with Gasteiger partial charge in [-0.15, -0.1) is 0 Å². The number of benzene rings is 2. The Bertz CT molecular complexity index is 981. The summed E-state index contributed by atoms with van der Waals surface area (Å²) in [6.07, 6.45) is 0.930. The van der Waals surface area contributed by atoms with Gasteiger partial charge in [-0.05, 0) is 42.3 Å². The minimum Gasteiger partial charge on any atom is -0.391 e. The summed E-state index contributed by atoms with van der Waals surface area (Å²) in [5, 5.41) is 4.24. The van der Waals surface area contributed by atoms with Gasteiger partial charge in [-0.25, -0.2) is 0 Å². The molecule has 0 aliphatic rings. The van der Waals surface area contributed by atoms with Gasteiger partial charge in [0.25, 0.3) is 0 Å². The Labute approximate surface area is 180 Å². The molecule has 0 atom stereocenters. The summed E-state index contributed by atoms with van der Waals surface area (Å²) in [6.45, 7) is 1.97. The molecule has 11 heteroatoms. The monoisotopic (exact) mass is 512 g/mol. The summed E-state index contributed by atoms with van der Waals surface area (Å²) in [5.41, 5.74) is -4.53. The van der Waals surface area contributed by atoms with Gasteiger partial charge < -0.3 is 4.84 Å². The maximum atomic E-state index is 12.8. The minimum atomic E-state index is -5.60. The fourth-order valence-electron chi connectivity index (χ4n) is 2.28. The van der Waals surface area contributed by atoms with Crippen LogP contribution in [0.1, 0.15) is 30.9 Å². The van der Waals surface area contributed by atoms with E-state index in [4.69, 9.17) is 16.4 Å². The number of sulfonamides is 1. The highest BCUT2D eigenvalue weighted by atomic mass is 79.9. The number of hydrogen-bond acceptors (Lipinski definition) is 4. The van der Waals surface area contributed by atoms with Crippen molar-refractivity contribution in [2.75, 3.05) is 4.72 Å². The smallest absolute Gasteiger partial charge is 0.391 e. The van der Waals surface area contributed by atoms with Gasteiger partial charge in [-0.1, -0.05) is 58.2 Å². The van der Waals surface area contributed by atoms with Gasteiger partial charge in [0.2, 0.25) is 0 Å². The topological polar surface area (TPSA) is 67.8 Å². The molecule has 0 aliphatic carbocycles. The maximum Gasteiger partial charge on any atom is 0.516 e. The summed E-state index contributed by atoms with van der Waals surface area (Å²) >= 11 is 9.29. The second-order valence-electron chi connectivity index (χ2n) is 5.93. The molecule has 0 radical (unpaired) electrons. The summed E-state index contributed by atoms with van der Waals surface area (Å²) in [5.74, 6) is 0. The molecule has 1 N–H and O–H groups in total. The van der Waals surface area contributed by atoms with Crippen molar-refractivity contribution >= 4 is 49.0 Å². The zero-order valence-electron chi connectivity index (χ0n) is 15.1. The second-order valence-corrected chi connectivity index (χ2v) is 8.96. The number of hydrogen-bond donors (Lipinski definition) is 1. The lowest BCUT2D eigenvalue weighted by Crippen LogP contribution is -2.30. The van der Waals surface area contributed by atoms with Gasteiger partial charge >= 0.3 is 15.5 Å². The molecule has 0 saturated carbocycles. The Kier molecular flexibility index (Phi) is 7.95. The molecule has 158 valence electrons. The molecule has 0 amide bonds. The third-order valence-corrected chi connectivity index (χ3v) is 5.51. The molecule has 0 saturated heterocycles. The molecule has 0 heterocycles. The van der Waals surface area contributed by atoms with E-state index in [1.165, 1.54) is 12.1 Å². The number of rotatable bonds is 8. The van der Waals surface area contributed by atoms with Gasteiger partial charge in [-0.3, -0.25) is 4.72 Å². The molecule has 29 heavy (non-hydrogen) atoms. The quantitative estimate of drug-likeness (QED) is 0.343. The first kappa shape index (κ1) is 23.5. The molecule has 0 aliphatic heterocycles. The zero-order chi connectivity index (χ0) is 21.7. The van der Waals surface area contributed by atoms with Gasteiger partial charge in [0.05, 0.1) is 11.4 Å². The number of oxime groups is 1. The van der Waals surface area contributed by atoms with Crippen LogP contribution in [0.4, 0.5) is 18.9 Å². The van der Waals surface area contributed by atoms with Crippen molar-refractivity contribution in [1.82, 2.24) is 0 Å². The van der Waals surface area contributed by atoms with Crippen LogP contribution in [-0.2, 0) is 21.5 Å². The Hall–Kier alpha value is -1.78. The summed E-state index contributed by atoms with van der Waals surface area (Å²) in [4.78, 5) is 5.35. The van der Waals surface area contributed by atoms with Crippen molar-refractivity contribution < 1.29 is 26.4 Å². The molecule has 2 aromatic carbocycles. The van der Waals surface area contributed by atoms with Crippen molar-refractivity contribution in [3.05, 3.63) is 63.1 Å². The first-order valence-electron chi connectivity index (χ1n) is 8.35. The molecule has 0 aromatic heterocycles. The van der Waals surface area contributed by atoms with Crippen LogP contribution in [0.3, 0.4) is 0 Å². The summed E-state index contributed by atoms with van der Waals surface area (Å²) < 4.78 is 63.8. The van der Waals surface area contributed by atoms with Crippen molar-refractivity contribution in [2.24, 2.45) is 5.16 Å². The zero-order valence-corrected chi connectivity index (χ0v) is 18.3. The number of alkyl halides is 3. The fraction of sp³-hybridized carbons (Fsp3) is 0.278. The number of halogens is 5. The molecule has 2 rings (SSSR count). The SMILES string of the molecule is CCC/C(=N\OCc1ccc(Br)cc1)c1cc(Cl)ccc1NS(=O)(=O)C(F)(F)F. The predicted octanol–water partition coefficient (Wildman–Crippen LogP) is 6.09. The largest absolute Gasteiger partial charge is 0.516 e. The van der Waals surface area contributed by atoms with Crippen LogP contribution in [0.15, 0.2) is 52.1 Å². The molecular formula is C18H17BrClF3N2O3S. The van der Waals surface area contributed by atoms with E-state index in [1.807, 2.05) is 31.2 Å². The normalized spacial score (nSPS) is 12.7. The average Bonchev–Trinajstić information content (AvgIpc) is 2.63. The first-order chi connectivity index (χ1) is 13.5. The van der Waals surface area contributed by atoms with Gasteiger partial charge in [0.1, 0.15) is 6.61 Å². The van der Waals surface area contributed by atoms with E-state index >= 15 is 0 Å². The average molecular weight is 514 g/mol. The Morgan fingerprint density at radius 2 is 1.86 bits per heavy atom. The highest BCUT2D eigenvalue weighted by Crippen LogP contribution is 2.29. The molecule has 2 aromatic rings. The number of nitrogens with zero attached hydrogens (tertiary/aromatic N) is 1. The standard InChI is InChI=1S/C18H17BrClF3N2O3S/c1-2-3-16(24-28-11-12-4-6-13(19)7-5-12)15-10-14(20)8-9-17(15)25-29(26,27)18(21,22)23/h4-10,25H,2-3,11H2,1H3/b24-16+. The van der Waals surface area contributed by atoms with E-state index in [9.17, 15) is 21.6 Å². The van der Waals surface area contributed by atoms with Crippen LogP contribution >= 0.6 is 27.5 Å². The van der Waals surface area contributed by atoms with Crippen LogP contribution < -0.4 is 4.72 Å². The van der Waals surface area contributed by atoms with E-state index in [2.05, 4.69) is 21.1 Å². The van der Waals surface area contributed by atoms with Crippen LogP contribution in [0.25, 0.3) is 0 Å². The molecule has 0 unspecified atom stereocenters. The highest BCUT2D eigenvalue weighted by Gasteiger charge is 2.46. The van der Waals surface area contributed by atoms with Crippen molar-refractivity contribution in [3.8, 4) is 0 Å². The van der Waals surface area contributed by atoms with E-state index in [0.717, 1.165) is 16.1 Å². The minimum absolute atomic E-state index is 0.114. The lowest BCUT2D eigenvalue weighted by Gasteiger charge is -2.15. The van der Waals surface area contributed by atoms with Crippen LogP contribution in [0.2, 0.25) is 5.02 Å². The third kappa shape index (κ3) is 6.61. The maximum absolute atomic E-state index is 12.8. The van der Waals surface area contributed by atoms with Crippen LogP contribution in [-0.4, -0.2) is 19.6 Å². The Balaban J connectivity index is 2.33.